The molecule has 0 aliphatic rings. The van der Waals surface area contributed by atoms with Crippen molar-refractivity contribution >= 4 is 16.8 Å². The first-order chi connectivity index (χ1) is 10.6. The largest absolute Gasteiger partial charge is 0.352 e. The number of nitrogens with zero attached hydrogens (tertiary/aromatic N) is 2. The van der Waals surface area contributed by atoms with Gasteiger partial charge in [-0.3, -0.25) is 9.78 Å². The molecule has 0 radical (unpaired) electrons. The van der Waals surface area contributed by atoms with Gasteiger partial charge in [0.2, 0.25) is 0 Å². The number of hydrogen-bond donors (Lipinski definition) is 2. The highest BCUT2D eigenvalue weighted by Crippen LogP contribution is 2.22. The average Bonchev–Trinajstić information content (AvgIpc) is 3.01. The Kier molecular flexibility index (Phi) is 3.87. The van der Waals surface area contributed by atoms with Crippen LogP contribution in [0.5, 0.6) is 0 Å². The fourth-order valence-electron chi connectivity index (χ4n) is 2.53. The van der Waals surface area contributed by atoms with E-state index in [1.807, 2.05) is 26.0 Å². The van der Waals surface area contributed by atoms with Gasteiger partial charge in [0.25, 0.3) is 5.91 Å². The third kappa shape index (κ3) is 2.83. The summed E-state index contributed by atoms with van der Waals surface area (Å²) < 4.78 is 0. The van der Waals surface area contributed by atoms with E-state index in [1.54, 1.807) is 18.6 Å². The third-order valence-corrected chi connectivity index (χ3v) is 3.65. The summed E-state index contributed by atoms with van der Waals surface area (Å²) in [4.78, 5) is 24.0. The van der Waals surface area contributed by atoms with E-state index in [9.17, 15) is 4.79 Å². The van der Waals surface area contributed by atoms with Crippen LogP contribution in [0.2, 0.25) is 0 Å². The standard InChI is InChI=1S/C17H18N4O/c1-11-9-13-12(2)3-5-20-16(13)14(10-11)17(22)21-6-4-15-18-7-8-19-15/h3,5,7-10H,4,6H2,1-2H3,(H,18,19)(H,21,22). The summed E-state index contributed by atoms with van der Waals surface area (Å²) in [5.74, 6) is 0.765. The Morgan fingerprint density at radius 1 is 1.23 bits per heavy atom. The highest BCUT2D eigenvalue weighted by molar-refractivity contribution is 6.06. The van der Waals surface area contributed by atoms with Gasteiger partial charge in [-0.25, -0.2) is 4.98 Å². The van der Waals surface area contributed by atoms with E-state index < -0.39 is 0 Å². The van der Waals surface area contributed by atoms with Crippen molar-refractivity contribution in [2.24, 2.45) is 0 Å². The van der Waals surface area contributed by atoms with Crippen molar-refractivity contribution in [3.8, 4) is 0 Å². The van der Waals surface area contributed by atoms with Gasteiger partial charge < -0.3 is 10.3 Å². The van der Waals surface area contributed by atoms with E-state index in [1.165, 1.54) is 0 Å². The van der Waals surface area contributed by atoms with Crippen LogP contribution in [-0.4, -0.2) is 27.4 Å². The Morgan fingerprint density at radius 3 is 2.86 bits per heavy atom. The molecule has 1 aromatic carbocycles. The van der Waals surface area contributed by atoms with Crippen LogP contribution in [0.25, 0.3) is 10.9 Å². The molecule has 0 bridgehead atoms. The van der Waals surface area contributed by atoms with Gasteiger partial charge in [0.1, 0.15) is 5.82 Å². The molecule has 3 rings (SSSR count). The topological polar surface area (TPSA) is 70.7 Å². The Morgan fingerprint density at radius 2 is 2.09 bits per heavy atom. The van der Waals surface area contributed by atoms with Crippen molar-refractivity contribution in [1.82, 2.24) is 20.3 Å². The smallest absolute Gasteiger partial charge is 0.253 e. The van der Waals surface area contributed by atoms with Gasteiger partial charge in [-0.2, -0.15) is 0 Å². The monoisotopic (exact) mass is 294 g/mol. The summed E-state index contributed by atoms with van der Waals surface area (Å²) in [7, 11) is 0. The Hall–Kier alpha value is -2.69. The number of benzene rings is 1. The number of rotatable bonds is 4. The van der Waals surface area contributed by atoms with Gasteiger partial charge in [-0.1, -0.05) is 0 Å². The number of H-pyrrole nitrogens is 1. The van der Waals surface area contributed by atoms with Crippen molar-refractivity contribution in [2.45, 2.75) is 20.3 Å². The molecular weight excluding hydrogens is 276 g/mol. The van der Waals surface area contributed by atoms with Gasteiger partial charge in [0, 0.05) is 36.9 Å². The molecule has 0 atom stereocenters. The average molecular weight is 294 g/mol. The number of carbonyl (C=O) groups is 1. The Bertz CT molecular complexity index is 809. The Balaban J connectivity index is 1.82. The predicted molar refractivity (Wildman–Crippen MR) is 85.8 cm³/mol. The molecule has 0 aliphatic carbocycles. The maximum atomic E-state index is 12.5. The van der Waals surface area contributed by atoms with Crippen LogP contribution < -0.4 is 5.32 Å². The molecule has 112 valence electrons. The second kappa shape index (κ2) is 5.97. The molecule has 0 aliphatic heterocycles. The molecule has 0 spiro atoms. The molecule has 2 N–H and O–H groups in total. The third-order valence-electron chi connectivity index (χ3n) is 3.65. The normalized spacial score (nSPS) is 10.8. The molecule has 22 heavy (non-hydrogen) atoms. The van der Waals surface area contributed by atoms with Crippen molar-refractivity contribution < 1.29 is 4.79 Å². The summed E-state index contributed by atoms with van der Waals surface area (Å²) in [6.07, 6.45) is 5.90. The first kappa shape index (κ1) is 14.3. The van der Waals surface area contributed by atoms with E-state index >= 15 is 0 Å². The van der Waals surface area contributed by atoms with Crippen LogP contribution >= 0.6 is 0 Å². The summed E-state index contributed by atoms with van der Waals surface area (Å²) >= 11 is 0. The number of amides is 1. The van der Waals surface area contributed by atoms with E-state index in [0.29, 0.717) is 18.5 Å². The van der Waals surface area contributed by atoms with Crippen LogP contribution in [0.3, 0.4) is 0 Å². The first-order valence-electron chi connectivity index (χ1n) is 7.27. The Labute approximate surface area is 128 Å². The van der Waals surface area contributed by atoms with Gasteiger partial charge in [0.15, 0.2) is 0 Å². The zero-order chi connectivity index (χ0) is 15.5. The highest BCUT2D eigenvalue weighted by Gasteiger charge is 2.13. The van der Waals surface area contributed by atoms with Gasteiger partial charge in [-0.15, -0.1) is 0 Å². The lowest BCUT2D eigenvalue weighted by Gasteiger charge is -2.10. The molecule has 0 saturated heterocycles. The van der Waals surface area contributed by atoms with Crippen molar-refractivity contribution in [3.05, 3.63) is 59.3 Å². The van der Waals surface area contributed by atoms with E-state index in [2.05, 4.69) is 26.3 Å². The lowest BCUT2D eigenvalue weighted by atomic mass is 10.0. The van der Waals surface area contributed by atoms with Gasteiger partial charge in [-0.05, 0) is 43.2 Å². The highest BCUT2D eigenvalue weighted by atomic mass is 16.1. The van der Waals surface area contributed by atoms with Crippen LogP contribution in [0.4, 0.5) is 0 Å². The fourth-order valence-corrected chi connectivity index (χ4v) is 2.53. The molecule has 0 fully saturated rings. The minimum absolute atomic E-state index is 0.0987. The number of hydrogen-bond acceptors (Lipinski definition) is 3. The molecule has 0 saturated carbocycles. The number of nitrogens with one attached hydrogen (secondary N) is 2. The zero-order valence-electron chi connectivity index (χ0n) is 12.7. The molecule has 5 heteroatoms. The number of aromatic nitrogens is 3. The second-order valence-corrected chi connectivity index (χ2v) is 5.38. The van der Waals surface area contributed by atoms with Crippen molar-refractivity contribution in [1.29, 1.82) is 0 Å². The summed E-state index contributed by atoms with van der Waals surface area (Å²) in [5.41, 5.74) is 3.55. The van der Waals surface area contributed by atoms with Crippen LogP contribution in [0.15, 0.2) is 36.8 Å². The molecule has 2 aromatic heterocycles. The van der Waals surface area contributed by atoms with E-state index in [0.717, 1.165) is 27.9 Å². The quantitative estimate of drug-likeness (QED) is 0.777. The predicted octanol–water partition coefficient (Wildman–Crippen LogP) is 2.55. The van der Waals surface area contributed by atoms with Crippen molar-refractivity contribution in [2.75, 3.05) is 6.54 Å². The maximum absolute atomic E-state index is 12.5. The van der Waals surface area contributed by atoms with Crippen LogP contribution in [-0.2, 0) is 6.42 Å². The molecule has 0 unspecified atom stereocenters. The van der Waals surface area contributed by atoms with Gasteiger partial charge >= 0.3 is 0 Å². The van der Waals surface area contributed by atoms with E-state index in [4.69, 9.17) is 0 Å². The first-order valence-corrected chi connectivity index (χ1v) is 7.27. The molecule has 2 heterocycles. The lowest BCUT2D eigenvalue weighted by Crippen LogP contribution is -2.26. The van der Waals surface area contributed by atoms with E-state index in [-0.39, 0.29) is 5.91 Å². The fraction of sp³-hybridized carbons (Fsp3) is 0.235. The number of fused-ring (bicyclic) bond motifs is 1. The lowest BCUT2D eigenvalue weighted by molar-refractivity contribution is 0.0955. The summed E-state index contributed by atoms with van der Waals surface area (Å²) in [6, 6.07) is 5.91. The zero-order valence-corrected chi connectivity index (χ0v) is 12.7. The van der Waals surface area contributed by atoms with Crippen molar-refractivity contribution in [3.63, 3.8) is 0 Å². The molecular formula is C17H18N4O. The van der Waals surface area contributed by atoms with Crippen LogP contribution in [0, 0.1) is 13.8 Å². The summed E-state index contributed by atoms with van der Waals surface area (Å²) in [5, 5.41) is 3.96. The minimum atomic E-state index is -0.0987. The summed E-state index contributed by atoms with van der Waals surface area (Å²) in [6.45, 7) is 4.56. The molecule has 1 amide bonds. The number of imidazole rings is 1. The number of aromatic amines is 1. The SMILES string of the molecule is Cc1cc(C(=O)NCCc2ncc[nH]2)c2nccc(C)c2c1. The maximum Gasteiger partial charge on any atom is 0.253 e. The molecule has 3 aromatic rings. The minimum Gasteiger partial charge on any atom is -0.352 e. The van der Waals surface area contributed by atoms with Crippen LogP contribution in [0.1, 0.15) is 27.3 Å². The molecule has 5 nitrogen and oxygen atoms in total. The number of pyridine rings is 1. The van der Waals surface area contributed by atoms with Gasteiger partial charge in [0.05, 0.1) is 11.1 Å². The number of aryl methyl sites for hydroxylation is 2. The number of carbonyl (C=O) groups excluding carboxylic acids is 1. The second-order valence-electron chi connectivity index (χ2n) is 5.38.